The Bertz CT molecular complexity index is 516. The zero-order chi connectivity index (χ0) is 16.9. The SMILES string of the molecule is CC(O)(C#CCCCO[Si](C)(C)C(C)(C)C)c1ccccc1. The predicted molar refractivity (Wildman–Crippen MR) is 96.2 cm³/mol. The second kappa shape index (κ2) is 7.46. The van der Waals surface area contributed by atoms with Crippen molar-refractivity contribution in [2.24, 2.45) is 0 Å². The number of benzene rings is 1. The second-order valence-electron chi connectivity index (χ2n) is 7.45. The molecule has 1 rings (SSSR count). The molecule has 0 aliphatic heterocycles. The molecule has 0 heterocycles. The minimum absolute atomic E-state index is 0.246. The summed E-state index contributed by atoms with van der Waals surface area (Å²) in [7, 11) is -1.65. The van der Waals surface area contributed by atoms with Gasteiger partial charge in [0.2, 0.25) is 0 Å². The molecule has 0 aliphatic carbocycles. The maximum absolute atomic E-state index is 10.4. The van der Waals surface area contributed by atoms with Crippen molar-refractivity contribution < 1.29 is 9.53 Å². The van der Waals surface area contributed by atoms with Crippen LogP contribution in [0.2, 0.25) is 18.1 Å². The van der Waals surface area contributed by atoms with Gasteiger partial charge in [-0.05, 0) is 37.0 Å². The van der Waals surface area contributed by atoms with Crippen LogP contribution in [0.5, 0.6) is 0 Å². The minimum Gasteiger partial charge on any atom is -0.417 e. The summed E-state index contributed by atoms with van der Waals surface area (Å²) >= 11 is 0. The van der Waals surface area contributed by atoms with E-state index in [1.807, 2.05) is 30.3 Å². The van der Waals surface area contributed by atoms with Crippen molar-refractivity contribution >= 4 is 8.32 Å². The van der Waals surface area contributed by atoms with E-state index in [1.165, 1.54) is 0 Å². The first kappa shape index (κ1) is 19.0. The third-order valence-corrected chi connectivity index (χ3v) is 8.92. The van der Waals surface area contributed by atoms with Gasteiger partial charge in [-0.2, -0.15) is 0 Å². The quantitative estimate of drug-likeness (QED) is 0.484. The fourth-order valence-corrected chi connectivity index (χ4v) is 2.86. The molecule has 0 aliphatic rings. The molecule has 0 saturated carbocycles. The average molecular weight is 319 g/mol. The van der Waals surface area contributed by atoms with Gasteiger partial charge in [0, 0.05) is 13.0 Å². The molecule has 0 aromatic heterocycles. The molecule has 1 aromatic rings. The lowest BCUT2D eigenvalue weighted by Crippen LogP contribution is -2.40. The Hall–Kier alpha value is -1.08. The summed E-state index contributed by atoms with van der Waals surface area (Å²) in [6.45, 7) is 13.8. The monoisotopic (exact) mass is 318 g/mol. The lowest BCUT2D eigenvalue weighted by atomic mass is 9.97. The van der Waals surface area contributed by atoms with Crippen LogP contribution in [-0.2, 0) is 10.0 Å². The van der Waals surface area contributed by atoms with E-state index < -0.39 is 13.9 Å². The Morgan fingerprint density at radius 1 is 1.09 bits per heavy atom. The van der Waals surface area contributed by atoms with E-state index >= 15 is 0 Å². The van der Waals surface area contributed by atoms with Gasteiger partial charge in [-0.1, -0.05) is 62.9 Å². The normalized spacial score (nSPS) is 14.9. The van der Waals surface area contributed by atoms with Crippen LogP contribution < -0.4 is 0 Å². The standard InChI is InChI=1S/C19H30O2Si/c1-18(2,3)22(5,6)21-16-12-8-11-15-19(4,20)17-13-9-7-10-14-17/h7,9-10,13-14,20H,8,12,16H2,1-6H3. The molecule has 0 amide bonds. The summed E-state index contributed by atoms with van der Waals surface area (Å²) in [4.78, 5) is 0. The minimum atomic E-state index is -1.65. The third-order valence-electron chi connectivity index (χ3n) is 4.38. The maximum atomic E-state index is 10.4. The Morgan fingerprint density at radius 2 is 1.68 bits per heavy atom. The number of hydrogen-bond donors (Lipinski definition) is 1. The molecule has 1 N–H and O–H groups in total. The molecule has 0 radical (unpaired) electrons. The van der Waals surface area contributed by atoms with Crippen molar-refractivity contribution in [2.45, 2.75) is 64.3 Å². The van der Waals surface area contributed by atoms with Crippen LogP contribution in [-0.4, -0.2) is 20.0 Å². The number of rotatable bonds is 5. The van der Waals surface area contributed by atoms with Crippen molar-refractivity contribution in [3.8, 4) is 11.8 Å². The molecule has 0 bridgehead atoms. The van der Waals surface area contributed by atoms with Gasteiger partial charge in [-0.15, -0.1) is 0 Å². The van der Waals surface area contributed by atoms with E-state index in [0.29, 0.717) is 0 Å². The number of hydrogen-bond acceptors (Lipinski definition) is 2. The van der Waals surface area contributed by atoms with E-state index in [2.05, 4.69) is 45.7 Å². The van der Waals surface area contributed by atoms with E-state index in [9.17, 15) is 5.11 Å². The molecule has 22 heavy (non-hydrogen) atoms. The van der Waals surface area contributed by atoms with Crippen molar-refractivity contribution in [1.29, 1.82) is 0 Å². The average Bonchev–Trinajstić information content (AvgIpc) is 2.42. The fourth-order valence-electron chi connectivity index (χ4n) is 1.77. The van der Waals surface area contributed by atoms with Gasteiger partial charge in [-0.3, -0.25) is 0 Å². The summed E-state index contributed by atoms with van der Waals surface area (Å²) < 4.78 is 6.12. The lowest BCUT2D eigenvalue weighted by molar-refractivity contribution is 0.122. The molecule has 3 heteroatoms. The lowest BCUT2D eigenvalue weighted by Gasteiger charge is -2.36. The highest BCUT2D eigenvalue weighted by atomic mass is 28.4. The second-order valence-corrected chi connectivity index (χ2v) is 12.3. The Balaban J connectivity index is 2.43. The van der Waals surface area contributed by atoms with Gasteiger partial charge in [0.1, 0.15) is 5.60 Å². The van der Waals surface area contributed by atoms with E-state index in [4.69, 9.17) is 4.43 Å². The fraction of sp³-hybridized carbons (Fsp3) is 0.579. The molecule has 0 fully saturated rings. The molecule has 0 saturated heterocycles. The molecule has 0 spiro atoms. The van der Waals surface area contributed by atoms with Gasteiger partial charge in [0.15, 0.2) is 8.32 Å². The van der Waals surface area contributed by atoms with E-state index in [1.54, 1.807) is 6.92 Å². The van der Waals surface area contributed by atoms with Crippen molar-refractivity contribution in [2.75, 3.05) is 6.61 Å². The zero-order valence-electron chi connectivity index (χ0n) is 14.9. The van der Waals surface area contributed by atoms with Crippen molar-refractivity contribution in [1.82, 2.24) is 0 Å². The van der Waals surface area contributed by atoms with Crippen LogP contribution in [0.1, 0.15) is 46.1 Å². The Kier molecular flexibility index (Phi) is 6.43. The molecular formula is C19H30O2Si. The Labute approximate surface area is 137 Å². The molecule has 1 unspecified atom stereocenters. The van der Waals surface area contributed by atoms with E-state index in [-0.39, 0.29) is 5.04 Å². The smallest absolute Gasteiger partial charge is 0.191 e. The summed E-state index contributed by atoms with van der Waals surface area (Å²) in [5, 5.41) is 10.6. The van der Waals surface area contributed by atoms with Crippen LogP contribution in [0.25, 0.3) is 0 Å². The molecular weight excluding hydrogens is 288 g/mol. The summed E-state index contributed by atoms with van der Waals surface area (Å²) in [6, 6.07) is 9.56. The van der Waals surface area contributed by atoms with E-state index in [0.717, 1.165) is 25.0 Å². The van der Waals surface area contributed by atoms with Crippen LogP contribution in [0.3, 0.4) is 0 Å². The third kappa shape index (κ3) is 5.60. The van der Waals surface area contributed by atoms with Gasteiger partial charge < -0.3 is 9.53 Å². The molecule has 122 valence electrons. The van der Waals surface area contributed by atoms with Gasteiger partial charge in [0.05, 0.1) is 0 Å². The van der Waals surface area contributed by atoms with Gasteiger partial charge in [0.25, 0.3) is 0 Å². The van der Waals surface area contributed by atoms with Crippen molar-refractivity contribution in [3.05, 3.63) is 35.9 Å². The van der Waals surface area contributed by atoms with Gasteiger partial charge >= 0.3 is 0 Å². The molecule has 2 nitrogen and oxygen atoms in total. The largest absolute Gasteiger partial charge is 0.417 e. The molecule has 1 atom stereocenters. The van der Waals surface area contributed by atoms with Crippen LogP contribution >= 0.6 is 0 Å². The van der Waals surface area contributed by atoms with Crippen LogP contribution in [0, 0.1) is 11.8 Å². The highest BCUT2D eigenvalue weighted by Crippen LogP contribution is 2.36. The maximum Gasteiger partial charge on any atom is 0.191 e. The highest BCUT2D eigenvalue weighted by Gasteiger charge is 2.36. The number of aliphatic hydroxyl groups is 1. The van der Waals surface area contributed by atoms with Gasteiger partial charge in [-0.25, -0.2) is 0 Å². The van der Waals surface area contributed by atoms with Crippen LogP contribution in [0.4, 0.5) is 0 Å². The first-order chi connectivity index (χ1) is 10.1. The van der Waals surface area contributed by atoms with Crippen molar-refractivity contribution in [3.63, 3.8) is 0 Å². The summed E-state index contributed by atoms with van der Waals surface area (Å²) in [5.41, 5.74) is -0.248. The predicted octanol–water partition coefficient (Wildman–Crippen LogP) is 4.70. The highest BCUT2D eigenvalue weighted by molar-refractivity contribution is 6.74. The number of unbranched alkanes of at least 4 members (excludes halogenated alkanes) is 1. The summed E-state index contributed by atoms with van der Waals surface area (Å²) in [6.07, 6.45) is 1.65. The zero-order valence-corrected chi connectivity index (χ0v) is 15.9. The van der Waals surface area contributed by atoms with Crippen LogP contribution in [0.15, 0.2) is 30.3 Å². The summed E-state index contributed by atoms with van der Waals surface area (Å²) in [5.74, 6) is 6.05. The first-order valence-corrected chi connectivity index (χ1v) is 10.9. The first-order valence-electron chi connectivity index (χ1n) is 7.98. The Morgan fingerprint density at radius 3 is 2.23 bits per heavy atom. The topological polar surface area (TPSA) is 29.5 Å². The molecule has 1 aromatic carbocycles.